The van der Waals surface area contributed by atoms with Crippen molar-refractivity contribution in [3.8, 4) is 28.5 Å². The van der Waals surface area contributed by atoms with Crippen LogP contribution in [0.3, 0.4) is 0 Å². The van der Waals surface area contributed by atoms with Crippen LogP contribution < -0.4 is 0 Å². The van der Waals surface area contributed by atoms with Crippen LogP contribution in [0.25, 0.3) is 28.5 Å². The van der Waals surface area contributed by atoms with Crippen molar-refractivity contribution in [2.45, 2.75) is 6.42 Å². The maximum atomic E-state index is 8.57. The Balaban J connectivity index is 1.78. The van der Waals surface area contributed by atoms with Crippen LogP contribution in [0, 0.1) is 11.3 Å². The average Bonchev–Trinajstić information content (AvgIpc) is 2.68. The van der Waals surface area contributed by atoms with Crippen LogP contribution in [0.5, 0.6) is 0 Å². The molecule has 2 aromatic carbocycles. The quantitative estimate of drug-likeness (QED) is 0.447. The van der Waals surface area contributed by atoms with E-state index >= 15 is 0 Å². The SMILES string of the molecule is C=CCc1ccc(-c2ccc(-c3ccc(/C=C/C#N)cc3)nc2)cc1. The average molecular weight is 322 g/mol. The Labute approximate surface area is 148 Å². The van der Waals surface area contributed by atoms with Gasteiger partial charge in [-0.3, -0.25) is 4.98 Å². The summed E-state index contributed by atoms with van der Waals surface area (Å²) in [5.74, 6) is 0. The molecule has 1 heterocycles. The van der Waals surface area contributed by atoms with Gasteiger partial charge >= 0.3 is 0 Å². The maximum Gasteiger partial charge on any atom is 0.0912 e. The van der Waals surface area contributed by atoms with Gasteiger partial charge in [0.05, 0.1) is 11.8 Å². The van der Waals surface area contributed by atoms with Crippen molar-refractivity contribution in [1.29, 1.82) is 5.26 Å². The van der Waals surface area contributed by atoms with Gasteiger partial charge in [0.2, 0.25) is 0 Å². The van der Waals surface area contributed by atoms with E-state index in [0.29, 0.717) is 0 Å². The molecule has 0 bridgehead atoms. The van der Waals surface area contributed by atoms with Gasteiger partial charge in [0.25, 0.3) is 0 Å². The molecule has 1 aromatic heterocycles. The normalized spacial score (nSPS) is 10.5. The van der Waals surface area contributed by atoms with Crippen molar-refractivity contribution in [3.05, 3.63) is 96.7 Å². The van der Waals surface area contributed by atoms with E-state index in [4.69, 9.17) is 5.26 Å². The number of hydrogen-bond acceptors (Lipinski definition) is 2. The minimum absolute atomic E-state index is 0.886. The third-order valence-corrected chi connectivity index (χ3v) is 3.99. The molecular weight excluding hydrogens is 304 g/mol. The van der Waals surface area contributed by atoms with Crippen LogP contribution in [0.1, 0.15) is 11.1 Å². The third kappa shape index (κ3) is 4.10. The first-order valence-corrected chi connectivity index (χ1v) is 8.13. The smallest absolute Gasteiger partial charge is 0.0912 e. The van der Waals surface area contributed by atoms with Crippen LogP contribution in [0.2, 0.25) is 0 Å². The second-order valence-corrected chi connectivity index (χ2v) is 5.71. The predicted octanol–water partition coefficient (Wildman–Crippen LogP) is 5.68. The van der Waals surface area contributed by atoms with Gasteiger partial charge in [-0.1, -0.05) is 60.7 Å². The first-order chi connectivity index (χ1) is 12.3. The van der Waals surface area contributed by atoms with Crippen molar-refractivity contribution in [2.75, 3.05) is 0 Å². The summed E-state index contributed by atoms with van der Waals surface area (Å²) in [6.07, 6.45) is 7.96. The Morgan fingerprint density at radius 2 is 1.56 bits per heavy atom. The molecule has 0 saturated carbocycles. The Kier molecular flexibility index (Phi) is 5.19. The highest BCUT2D eigenvalue weighted by molar-refractivity contribution is 5.68. The van der Waals surface area contributed by atoms with Gasteiger partial charge in [0, 0.05) is 23.4 Å². The van der Waals surface area contributed by atoms with Gasteiger partial charge < -0.3 is 0 Å². The number of nitrogens with zero attached hydrogens (tertiary/aromatic N) is 2. The molecule has 2 nitrogen and oxygen atoms in total. The molecule has 0 radical (unpaired) electrons. The lowest BCUT2D eigenvalue weighted by Gasteiger charge is -2.05. The molecule has 25 heavy (non-hydrogen) atoms. The van der Waals surface area contributed by atoms with E-state index in [0.717, 1.165) is 34.4 Å². The van der Waals surface area contributed by atoms with Crippen LogP contribution in [0.4, 0.5) is 0 Å². The van der Waals surface area contributed by atoms with Crippen molar-refractivity contribution in [1.82, 2.24) is 4.98 Å². The van der Waals surface area contributed by atoms with E-state index in [1.165, 1.54) is 11.6 Å². The van der Waals surface area contributed by atoms with E-state index in [2.05, 4.69) is 41.9 Å². The third-order valence-electron chi connectivity index (χ3n) is 3.99. The summed E-state index contributed by atoms with van der Waals surface area (Å²) < 4.78 is 0. The second-order valence-electron chi connectivity index (χ2n) is 5.71. The zero-order valence-electron chi connectivity index (χ0n) is 13.9. The van der Waals surface area contributed by atoms with Crippen LogP contribution in [0.15, 0.2) is 85.6 Å². The summed E-state index contributed by atoms with van der Waals surface area (Å²) in [6, 6.07) is 22.6. The molecule has 0 atom stereocenters. The first kappa shape index (κ1) is 16.4. The first-order valence-electron chi connectivity index (χ1n) is 8.13. The molecule has 0 unspecified atom stereocenters. The van der Waals surface area contributed by atoms with E-state index < -0.39 is 0 Å². The number of hydrogen-bond donors (Lipinski definition) is 0. The standard InChI is InChI=1S/C23H18N2/c1-2-4-18-6-10-20(11-7-18)22-14-15-23(25-17-22)21-12-8-19(9-13-21)5-3-16-24/h2-3,5-15,17H,1,4H2/b5-3+. The highest BCUT2D eigenvalue weighted by Gasteiger charge is 2.02. The fraction of sp³-hybridized carbons (Fsp3) is 0.0435. The zero-order chi connectivity index (χ0) is 17.5. The number of rotatable bonds is 5. The van der Waals surface area contributed by atoms with Crippen molar-refractivity contribution in [2.24, 2.45) is 0 Å². The van der Waals surface area contributed by atoms with Crippen LogP contribution in [-0.4, -0.2) is 4.98 Å². The Bertz CT molecular complexity index is 910. The number of pyridine rings is 1. The van der Waals surface area contributed by atoms with Crippen LogP contribution in [-0.2, 0) is 6.42 Å². The minimum atomic E-state index is 0.886. The van der Waals surface area contributed by atoms with E-state index in [1.54, 1.807) is 6.08 Å². The molecule has 0 amide bonds. The van der Waals surface area contributed by atoms with E-state index in [-0.39, 0.29) is 0 Å². The van der Waals surface area contributed by atoms with Gasteiger partial charge in [-0.25, -0.2) is 0 Å². The molecule has 3 aromatic rings. The van der Waals surface area contributed by atoms with Crippen LogP contribution >= 0.6 is 0 Å². The Morgan fingerprint density at radius 3 is 2.16 bits per heavy atom. The Hall–Kier alpha value is -3.44. The number of nitriles is 1. The summed E-state index contributed by atoms with van der Waals surface area (Å²) in [7, 11) is 0. The molecule has 0 aliphatic heterocycles. The summed E-state index contributed by atoms with van der Waals surface area (Å²) in [5, 5.41) is 8.57. The largest absolute Gasteiger partial charge is 0.256 e. The monoisotopic (exact) mass is 322 g/mol. The maximum absolute atomic E-state index is 8.57. The zero-order valence-corrected chi connectivity index (χ0v) is 13.9. The van der Waals surface area contributed by atoms with Gasteiger partial charge in [0.1, 0.15) is 0 Å². The Morgan fingerprint density at radius 1 is 0.880 bits per heavy atom. The summed E-state index contributed by atoms with van der Waals surface area (Å²) in [4.78, 5) is 4.59. The van der Waals surface area contributed by atoms with Crippen molar-refractivity contribution >= 4 is 6.08 Å². The van der Waals surface area contributed by atoms with E-state index in [1.807, 2.05) is 48.7 Å². The molecule has 120 valence electrons. The fourth-order valence-electron chi connectivity index (χ4n) is 2.63. The summed E-state index contributed by atoms with van der Waals surface area (Å²) in [6.45, 7) is 3.77. The van der Waals surface area contributed by atoms with Gasteiger partial charge in [-0.05, 0) is 35.3 Å². The number of aromatic nitrogens is 1. The second kappa shape index (κ2) is 7.90. The molecule has 3 rings (SSSR count). The molecule has 0 N–H and O–H groups in total. The topological polar surface area (TPSA) is 36.7 Å². The van der Waals surface area contributed by atoms with E-state index in [9.17, 15) is 0 Å². The lowest BCUT2D eigenvalue weighted by Crippen LogP contribution is -1.86. The summed E-state index contributed by atoms with van der Waals surface area (Å²) in [5.41, 5.74) is 6.51. The van der Waals surface area contributed by atoms with Gasteiger partial charge in [-0.2, -0.15) is 5.26 Å². The van der Waals surface area contributed by atoms with Crippen molar-refractivity contribution < 1.29 is 0 Å². The minimum Gasteiger partial charge on any atom is -0.256 e. The van der Waals surface area contributed by atoms with Crippen molar-refractivity contribution in [3.63, 3.8) is 0 Å². The highest BCUT2D eigenvalue weighted by atomic mass is 14.7. The molecule has 0 fully saturated rings. The van der Waals surface area contributed by atoms with Gasteiger partial charge in [-0.15, -0.1) is 6.58 Å². The lowest BCUT2D eigenvalue weighted by atomic mass is 10.0. The number of benzene rings is 2. The molecule has 0 aliphatic carbocycles. The highest BCUT2D eigenvalue weighted by Crippen LogP contribution is 2.23. The predicted molar refractivity (Wildman–Crippen MR) is 104 cm³/mol. The molecule has 0 saturated heterocycles. The molecular formula is C23H18N2. The fourth-order valence-corrected chi connectivity index (χ4v) is 2.63. The summed E-state index contributed by atoms with van der Waals surface area (Å²) >= 11 is 0. The molecule has 0 aliphatic rings. The molecule has 0 spiro atoms. The molecule has 2 heteroatoms. The number of allylic oxidation sites excluding steroid dienone is 2. The lowest BCUT2D eigenvalue weighted by molar-refractivity contribution is 1.27. The van der Waals surface area contributed by atoms with Gasteiger partial charge in [0.15, 0.2) is 0 Å².